The van der Waals surface area contributed by atoms with Gasteiger partial charge in [0.05, 0.1) is 13.2 Å². The van der Waals surface area contributed by atoms with Crippen LogP contribution in [0.15, 0.2) is 48.5 Å². The summed E-state index contributed by atoms with van der Waals surface area (Å²) < 4.78 is 5.81. The molecular weight excluding hydrogens is 274 g/mol. The highest BCUT2D eigenvalue weighted by Gasteiger charge is 2.22. The molecule has 0 spiro atoms. The van der Waals surface area contributed by atoms with Crippen molar-refractivity contribution in [2.75, 3.05) is 6.54 Å². The largest absolute Gasteiger partial charge is 0.488 e. The van der Waals surface area contributed by atoms with Crippen molar-refractivity contribution in [3.8, 4) is 5.75 Å². The molecule has 0 saturated heterocycles. The Kier molecular flexibility index (Phi) is 4.21. The van der Waals surface area contributed by atoms with E-state index >= 15 is 0 Å². The molecule has 0 aromatic heterocycles. The van der Waals surface area contributed by atoms with Crippen molar-refractivity contribution in [2.24, 2.45) is 0 Å². The Morgan fingerprint density at radius 2 is 2.05 bits per heavy atom. The minimum Gasteiger partial charge on any atom is -0.488 e. The zero-order chi connectivity index (χ0) is 13.8. The lowest BCUT2D eigenvalue weighted by Crippen LogP contribution is -2.30. The van der Waals surface area contributed by atoms with Crippen molar-refractivity contribution in [3.63, 3.8) is 0 Å². The quantitative estimate of drug-likeness (QED) is 0.676. The number of hydrogen-bond donors (Lipinski definition) is 1. The van der Waals surface area contributed by atoms with Crippen molar-refractivity contribution < 1.29 is 9.57 Å². The zero-order valence-electron chi connectivity index (χ0n) is 11.0. The molecule has 1 unspecified atom stereocenters. The van der Waals surface area contributed by atoms with Gasteiger partial charge in [0.25, 0.3) is 0 Å². The SMILES string of the molecule is Clc1ccc2c(c1)CC(CNOCc1ccccc1)O2. The molecule has 0 bridgehead atoms. The monoisotopic (exact) mass is 289 g/mol. The predicted octanol–water partition coefficient (Wildman–Crippen LogP) is 3.36. The average molecular weight is 290 g/mol. The van der Waals surface area contributed by atoms with Crippen LogP contribution in [0.1, 0.15) is 11.1 Å². The third kappa shape index (κ3) is 3.31. The molecule has 3 rings (SSSR count). The molecule has 20 heavy (non-hydrogen) atoms. The number of hydrogen-bond acceptors (Lipinski definition) is 3. The van der Waals surface area contributed by atoms with Gasteiger partial charge in [-0.05, 0) is 29.3 Å². The summed E-state index contributed by atoms with van der Waals surface area (Å²) in [4.78, 5) is 5.45. The number of hydroxylamine groups is 1. The fourth-order valence-corrected chi connectivity index (χ4v) is 2.46. The highest BCUT2D eigenvalue weighted by atomic mass is 35.5. The fraction of sp³-hybridized carbons (Fsp3) is 0.250. The van der Waals surface area contributed by atoms with Gasteiger partial charge in [0, 0.05) is 11.4 Å². The van der Waals surface area contributed by atoms with Gasteiger partial charge in [-0.3, -0.25) is 4.84 Å². The van der Waals surface area contributed by atoms with E-state index in [1.54, 1.807) is 0 Å². The van der Waals surface area contributed by atoms with Crippen molar-refractivity contribution in [2.45, 2.75) is 19.1 Å². The molecule has 0 fully saturated rings. The van der Waals surface area contributed by atoms with Crippen molar-refractivity contribution >= 4 is 11.6 Å². The Balaban J connectivity index is 1.43. The molecule has 4 heteroatoms. The number of fused-ring (bicyclic) bond motifs is 1. The van der Waals surface area contributed by atoms with E-state index in [-0.39, 0.29) is 6.10 Å². The normalized spacial score (nSPS) is 16.8. The first-order chi connectivity index (χ1) is 9.81. The van der Waals surface area contributed by atoms with Gasteiger partial charge >= 0.3 is 0 Å². The number of rotatable bonds is 5. The Hall–Kier alpha value is -1.55. The molecule has 1 heterocycles. The Labute approximate surface area is 123 Å². The van der Waals surface area contributed by atoms with Gasteiger partial charge in [0.2, 0.25) is 0 Å². The molecule has 2 aromatic carbocycles. The highest BCUT2D eigenvalue weighted by Crippen LogP contribution is 2.30. The third-order valence-corrected chi connectivity index (χ3v) is 3.49. The van der Waals surface area contributed by atoms with E-state index in [1.165, 1.54) is 0 Å². The highest BCUT2D eigenvalue weighted by molar-refractivity contribution is 6.30. The number of nitrogens with one attached hydrogen (secondary N) is 1. The van der Waals surface area contributed by atoms with Crippen LogP contribution in [-0.4, -0.2) is 12.6 Å². The fourth-order valence-electron chi connectivity index (χ4n) is 2.26. The molecule has 104 valence electrons. The second-order valence-electron chi connectivity index (χ2n) is 4.82. The second kappa shape index (κ2) is 6.27. The summed E-state index contributed by atoms with van der Waals surface area (Å²) in [5.41, 5.74) is 5.27. The maximum Gasteiger partial charge on any atom is 0.123 e. The summed E-state index contributed by atoms with van der Waals surface area (Å²) in [5, 5.41) is 0.751. The van der Waals surface area contributed by atoms with Crippen LogP contribution >= 0.6 is 11.6 Å². The van der Waals surface area contributed by atoms with Crippen LogP contribution in [0.2, 0.25) is 5.02 Å². The van der Waals surface area contributed by atoms with Crippen molar-refractivity contribution in [1.82, 2.24) is 5.48 Å². The van der Waals surface area contributed by atoms with Gasteiger partial charge in [-0.2, -0.15) is 5.48 Å². The minimum absolute atomic E-state index is 0.0965. The van der Waals surface area contributed by atoms with Gasteiger partial charge in [-0.15, -0.1) is 0 Å². The van der Waals surface area contributed by atoms with Crippen LogP contribution in [0.3, 0.4) is 0 Å². The first kappa shape index (κ1) is 13.4. The smallest absolute Gasteiger partial charge is 0.123 e. The molecule has 2 aromatic rings. The number of benzene rings is 2. The van der Waals surface area contributed by atoms with Crippen LogP contribution in [0.4, 0.5) is 0 Å². The summed E-state index contributed by atoms with van der Waals surface area (Å²) in [6, 6.07) is 15.8. The lowest BCUT2D eigenvalue weighted by atomic mass is 10.1. The van der Waals surface area contributed by atoms with Crippen LogP contribution in [0.25, 0.3) is 0 Å². The average Bonchev–Trinajstić information content (AvgIpc) is 2.86. The minimum atomic E-state index is 0.0965. The first-order valence-electron chi connectivity index (χ1n) is 6.65. The Bertz CT molecular complexity index is 574. The third-order valence-electron chi connectivity index (χ3n) is 3.26. The van der Waals surface area contributed by atoms with Crippen LogP contribution in [-0.2, 0) is 17.9 Å². The lowest BCUT2D eigenvalue weighted by Gasteiger charge is -2.11. The molecule has 0 aliphatic carbocycles. The van der Waals surface area contributed by atoms with Gasteiger partial charge in [-0.1, -0.05) is 41.9 Å². The predicted molar refractivity (Wildman–Crippen MR) is 78.8 cm³/mol. The molecular formula is C16H16ClNO2. The van der Waals surface area contributed by atoms with Gasteiger partial charge in [0.15, 0.2) is 0 Å². The lowest BCUT2D eigenvalue weighted by molar-refractivity contribution is 0.0107. The Morgan fingerprint density at radius 3 is 2.90 bits per heavy atom. The molecule has 1 atom stereocenters. The van der Waals surface area contributed by atoms with Crippen LogP contribution < -0.4 is 10.2 Å². The van der Waals surface area contributed by atoms with Crippen molar-refractivity contribution in [3.05, 3.63) is 64.7 Å². The number of ether oxygens (including phenoxy) is 1. The van der Waals surface area contributed by atoms with E-state index in [9.17, 15) is 0 Å². The topological polar surface area (TPSA) is 30.5 Å². The summed E-state index contributed by atoms with van der Waals surface area (Å²) in [6.07, 6.45) is 0.955. The van der Waals surface area contributed by atoms with E-state index in [1.807, 2.05) is 48.5 Å². The maximum absolute atomic E-state index is 5.97. The molecule has 0 radical (unpaired) electrons. The molecule has 0 amide bonds. The standard InChI is InChI=1S/C16H16ClNO2/c17-14-6-7-16-13(8-14)9-15(20-16)10-18-19-11-12-4-2-1-3-5-12/h1-8,15,18H,9-11H2. The molecule has 1 aliphatic heterocycles. The van der Waals surface area contributed by atoms with E-state index in [0.717, 1.165) is 28.3 Å². The zero-order valence-corrected chi connectivity index (χ0v) is 11.8. The van der Waals surface area contributed by atoms with E-state index < -0.39 is 0 Å². The molecule has 1 N–H and O–H groups in total. The van der Waals surface area contributed by atoms with Crippen LogP contribution in [0, 0.1) is 0 Å². The van der Waals surface area contributed by atoms with E-state index in [0.29, 0.717) is 13.2 Å². The van der Waals surface area contributed by atoms with Gasteiger partial charge in [-0.25, -0.2) is 0 Å². The van der Waals surface area contributed by atoms with Crippen LogP contribution in [0.5, 0.6) is 5.75 Å². The van der Waals surface area contributed by atoms with E-state index in [2.05, 4.69) is 5.48 Å². The second-order valence-corrected chi connectivity index (χ2v) is 5.26. The summed E-state index contributed by atoms with van der Waals surface area (Å²) >= 11 is 5.97. The van der Waals surface area contributed by atoms with E-state index in [4.69, 9.17) is 21.2 Å². The maximum atomic E-state index is 5.97. The van der Waals surface area contributed by atoms with Gasteiger partial charge < -0.3 is 4.74 Å². The summed E-state index contributed by atoms with van der Waals surface area (Å²) in [6.45, 7) is 1.20. The Morgan fingerprint density at radius 1 is 1.20 bits per heavy atom. The summed E-state index contributed by atoms with van der Waals surface area (Å²) in [5.74, 6) is 0.921. The molecule has 1 aliphatic rings. The molecule has 0 saturated carbocycles. The first-order valence-corrected chi connectivity index (χ1v) is 7.03. The number of halogens is 1. The van der Waals surface area contributed by atoms with Crippen molar-refractivity contribution in [1.29, 1.82) is 0 Å². The summed E-state index contributed by atoms with van der Waals surface area (Å²) in [7, 11) is 0. The molecule has 3 nitrogen and oxygen atoms in total. The van der Waals surface area contributed by atoms with Gasteiger partial charge in [0.1, 0.15) is 11.9 Å².